The van der Waals surface area contributed by atoms with Crippen LogP contribution in [0.2, 0.25) is 0 Å². The van der Waals surface area contributed by atoms with Gasteiger partial charge in [-0.1, -0.05) is 5.16 Å². The summed E-state index contributed by atoms with van der Waals surface area (Å²) in [6.45, 7) is 3.03. The second-order valence-electron chi connectivity index (χ2n) is 6.05. The molecule has 0 aliphatic carbocycles. The molecule has 2 heterocycles. The van der Waals surface area contributed by atoms with E-state index in [1.807, 2.05) is 0 Å². The maximum Gasteiger partial charge on any atom is 0.269 e. The molecule has 132 valence electrons. The zero-order valence-electron chi connectivity index (χ0n) is 13.9. The fourth-order valence-corrected chi connectivity index (χ4v) is 2.83. The van der Waals surface area contributed by atoms with Gasteiger partial charge in [0.15, 0.2) is 0 Å². The Hall–Kier alpha value is -2.90. The third-order valence-electron chi connectivity index (χ3n) is 4.15. The van der Waals surface area contributed by atoms with E-state index in [9.17, 15) is 14.9 Å². The van der Waals surface area contributed by atoms with Crippen LogP contribution in [0.1, 0.15) is 24.3 Å². The summed E-state index contributed by atoms with van der Waals surface area (Å²) in [7, 11) is 0. The number of amides is 1. The SMILES string of the molecule is Cc1cc(CC(=O)N2CCC(Oc3ccc([N+](=O)[O-])cc3)CC2)no1. The number of benzene rings is 1. The van der Waals surface area contributed by atoms with Crippen molar-refractivity contribution in [2.75, 3.05) is 13.1 Å². The van der Waals surface area contributed by atoms with Gasteiger partial charge in [-0.25, -0.2) is 0 Å². The number of aryl methyl sites for hydroxylation is 1. The van der Waals surface area contributed by atoms with Gasteiger partial charge in [0.1, 0.15) is 17.6 Å². The zero-order chi connectivity index (χ0) is 17.8. The summed E-state index contributed by atoms with van der Waals surface area (Å²) in [6.07, 6.45) is 1.69. The first-order valence-corrected chi connectivity index (χ1v) is 8.12. The minimum atomic E-state index is -0.440. The molecule has 1 aromatic heterocycles. The highest BCUT2D eigenvalue weighted by atomic mass is 16.6. The molecule has 2 aromatic rings. The van der Waals surface area contributed by atoms with Crippen molar-refractivity contribution in [2.24, 2.45) is 0 Å². The number of nitro groups is 1. The average molecular weight is 345 g/mol. The van der Waals surface area contributed by atoms with E-state index in [-0.39, 0.29) is 24.1 Å². The van der Waals surface area contributed by atoms with Crippen molar-refractivity contribution in [2.45, 2.75) is 32.3 Å². The minimum Gasteiger partial charge on any atom is -0.490 e. The summed E-state index contributed by atoms with van der Waals surface area (Å²) in [5.41, 5.74) is 0.683. The molecule has 25 heavy (non-hydrogen) atoms. The average Bonchev–Trinajstić information content (AvgIpc) is 3.01. The van der Waals surface area contributed by atoms with Gasteiger partial charge < -0.3 is 14.2 Å². The van der Waals surface area contributed by atoms with Gasteiger partial charge in [0.05, 0.1) is 17.0 Å². The van der Waals surface area contributed by atoms with Crippen LogP contribution in [-0.4, -0.2) is 40.1 Å². The monoisotopic (exact) mass is 345 g/mol. The number of hydrogen-bond donors (Lipinski definition) is 0. The highest BCUT2D eigenvalue weighted by Gasteiger charge is 2.24. The minimum absolute atomic E-state index is 0.000184. The first-order valence-electron chi connectivity index (χ1n) is 8.12. The van der Waals surface area contributed by atoms with Crippen molar-refractivity contribution in [1.82, 2.24) is 10.1 Å². The number of carbonyl (C=O) groups excluding carboxylic acids is 1. The van der Waals surface area contributed by atoms with Gasteiger partial charge in [-0.2, -0.15) is 0 Å². The van der Waals surface area contributed by atoms with Gasteiger partial charge in [0.2, 0.25) is 5.91 Å². The normalized spacial score (nSPS) is 15.2. The molecule has 0 spiro atoms. The highest BCUT2D eigenvalue weighted by Crippen LogP contribution is 2.22. The Morgan fingerprint density at radius 2 is 2.04 bits per heavy atom. The van der Waals surface area contributed by atoms with Gasteiger partial charge in [-0.15, -0.1) is 0 Å². The molecule has 1 aliphatic heterocycles. The molecule has 0 saturated carbocycles. The summed E-state index contributed by atoms with van der Waals surface area (Å²) in [6, 6.07) is 7.81. The first kappa shape index (κ1) is 16.9. The third-order valence-corrected chi connectivity index (χ3v) is 4.15. The summed E-state index contributed by atoms with van der Waals surface area (Å²) in [4.78, 5) is 24.3. The molecule has 8 heteroatoms. The molecule has 8 nitrogen and oxygen atoms in total. The molecule has 0 atom stereocenters. The van der Waals surface area contributed by atoms with Crippen molar-refractivity contribution < 1.29 is 19.0 Å². The quantitative estimate of drug-likeness (QED) is 0.610. The van der Waals surface area contributed by atoms with Crippen LogP contribution in [0.3, 0.4) is 0 Å². The number of non-ortho nitro benzene ring substituents is 1. The fraction of sp³-hybridized carbons (Fsp3) is 0.412. The van der Waals surface area contributed by atoms with Gasteiger partial charge in [-0.3, -0.25) is 14.9 Å². The molecular formula is C17H19N3O5. The summed E-state index contributed by atoms with van der Waals surface area (Å²) in [5.74, 6) is 1.33. The molecule has 0 radical (unpaired) electrons. The summed E-state index contributed by atoms with van der Waals surface area (Å²) >= 11 is 0. The van der Waals surface area contributed by atoms with Crippen LogP contribution >= 0.6 is 0 Å². The predicted octanol–water partition coefficient (Wildman–Crippen LogP) is 2.50. The van der Waals surface area contributed by atoms with Gasteiger partial charge in [0, 0.05) is 44.1 Å². The topological polar surface area (TPSA) is 98.7 Å². The maximum atomic E-state index is 12.3. The predicted molar refractivity (Wildman–Crippen MR) is 88.3 cm³/mol. The van der Waals surface area contributed by atoms with Gasteiger partial charge >= 0.3 is 0 Å². The summed E-state index contributed by atoms with van der Waals surface area (Å²) < 4.78 is 10.8. The van der Waals surface area contributed by atoms with E-state index >= 15 is 0 Å². The molecule has 1 amide bonds. The van der Waals surface area contributed by atoms with E-state index in [0.29, 0.717) is 30.3 Å². The Labute approximate surface area is 144 Å². The molecule has 0 unspecified atom stereocenters. The van der Waals surface area contributed by atoms with Crippen LogP contribution in [0.5, 0.6) is 5.75 Å². The van der Waals surface area contributed by atoms with Crippen molar-refractivity contribution in [3.8, 4) is 5.75 Å². The van der Waals surface area contributed by atoms with E-state index in [4.69, 9.17) is 9.26 Å². The second kappa shape index (κ2) is 7.33. The van der Waals surface area contributed by atoms with E-state index < -0.39 is 4.92 Å². The van der Waals surface area contributed by atoms with E-state index in [0.717, 1.165) is 12.8 Å². The number of hydrogen-bond acceptors (Lipinski definition) is 6. The molecule has 0 bridgehead atoms. The Balaban J connectivity index is 1.48. The van der Waals surface area contributed by atoms with Crippen LogP contribution in [0.15, 0.2) is 34.9 Å². The number of nitro benzene ring substituents is 1. The smallest absolute Gasteiger partial charge is 0.269 e. The number of aromatic nitrogens is 1. The Bertz CT molecular complexity index is 748. The zero-order valence-corrected chi connectivity index (χ0v) is 13.9. The molecule has 1 fully saturated rings. The maximum absolute atomic E-state index is 12.3. The lowest BCUT2D eigenvalue weighted by Gasteiger charge is -2.32. The van der Waals surface area contributed by atoms with Crippen molar-refractivity contribution in [3.05, 3.63) is 51.9 Å². The lowest BCUT2D eigenvalue weighted by atomic mass is 10.1. The first-order chi connectivity index (χ1) is 12.0. The Morgan fingerprint density at radius 3 is 2.60 bits per heavy atom. The van der Waals surface area contributed by atoms with E-state index in [1.54, 1.807) is 30.0 Å². The lowest BCUT2D eigenvalue weighted by molar-refractivity contribution is -0.384. The number of nitrogens with zero attached hydrogens (tertiary/aromatic N) is 3. The highest BCUT2D eigenvalue weighted by molar-refractivity contribution is 5.78. The van der Waals surface area contributed by atoms with Crippen LogP contribution in [0, 0.1) is 17.0 Å². The van der Waals surface area contributed by atoms with Gasteiger partial charge in [0.25, 0.3) is 5.69 Å². The second-order valence-corrected chi connectivity index (χ2v) is 6.05. The van der Waals surface area contributed by atoms with Crippen molar-refractivity contribution in [1.29, 1.82) is 0 Å². The number of carbonyl (C=O) groups is 1. The standard InChI is InChI=1S/C17H19N3O5/c1-12-10-13(18-25-12)11-17(21)19-8-6-16(7-9-19)24-15-4-2-14(3-5-15)20(22)23/h2-5,10,16H,6-9,11H2,1H3. The van der Waals surface area contributed by atoms with E-state index in [1.165, 1.54) is 12.1 Å². The Morgan fingerprint density at radius 1 is 1.36 bits per heavy atom. The van der Waals surface area contributed by atoms with Crippen LogP contribution in [-0.2, 0) is 11.2 Å². The van der Waals surface area contributed by atoms with Crippen molar-refractivity contribution >= 4 is 11.6 Å². The van der Waals surface area contributed by atoms with Crippen LogP contribution in [0.25, 0.3) is 0 Å². The molecule has 1 saturated heterocycles. The van der Waals surface area contributed by atoms with Crippen LogP contribution < -0.4 is 4.74 Å². The number of ether oxygens (including phenoxy) is 1. The van der Waals surface area contributed by atoms with E-state index in [2.05, 4.69) is 5.16 Å². The number of piperidine rings is 1. The molecule has 3 rings (SSSR count). The molecule has 1 aromatic carbocycles. The molecule has 0 N–H and O–H groups in total. The molecule has 1 aliphatic rings. The van der Waals surface area contributed by atoms with Crippen LogP contribution in [0.4, 0.5) is 5.69 Å². The lowest BCUT2D eigenvalue weighted by Crippen LogP contribution is -2.42. The fourth-order valence-electron chi connectivity index (χ4n) is 2.83. The van der Waals surface area contributed by atoms with Crippen molar-refractivity contribution in [3.63, 3.8) is 0 Å². The largest absolute Gasteiger partial charge is 0.490 e. The molecular weight excluding hydrogens is 326 g/mol. The number of likely N-dealkylation sites (tertiary alicyclic amines) is 1. The Kier molecular flexibility index (Phi) is 4.97. The van der Waals surface area contributed by atoms with Gasteiger partial charge in [-0.05, 0) is 19.1 Å². The summed E-state index contributed by atoms with van der Waals surface area (Å²) in [5, 5.41) is 14.5. The third kappa shape index (κ3) is 4.34. The number of rotatable bonds is 5.